The maximum absolute atomic E-state index is 13.3. The number of rotatable bonds is 8. The zero-order chi connectivity index (χ0) is 23.6. The molecule has 1 aromatic carbocycles. The number of hydrogen-bond acceptors (Lipinski definition) is 7. The van der Waals surface area contributed by atoms with Gasteiger partial charge in [-0.3, -0.25) is 14.2 Å². The number of methoxy groups -OCH3 is 1. The van der Waals surface area contributed by atoms with Gasteiger partial charge < -0.3 is 14.6 Å². The monoisotopic (exact) mass is 475 g/mol. The molecule has 4 rings (SSSR count). The maximum atomic E-state index is 13.3. The van der Waals surface area contributed by atoms with Gasteiger partial charge in [-0.1, -0.05) is 30.3 Å². The van der Waals surface area contributed by atoms with Crippen molar-refractivity contribution in [3.05, 3.63) is 63.1 Å². The molecule has 1 N–H and O–H groups in total. The quantitative estimate of drug-likeness (QED) is 0.458. The van der Waals surface area contributed by atoms with Crippen molar-refractivity contribution in [2.75, 3.05) is 25.2 Å². The van der Waals surface area contributed by atoms with E-state index in [1.807, 2.05) is 30.3 Å². The lowest BCUT2D eigenvalue weighted by Crippen LogP contribution is -2.46. The summed E-state index contributed by atoms with van der Waals surface area (Å²) in [7, 11) is -1.64. The van der Waals surface area contributed by atoms with Crippen LogP contribution < -0.4 is 16.6 Å². The van der Waals surface area contributed by atoms with Gasteiger partial charge in [0.05, 0.1) is 31.0 Å². The summed E-state index contributed by atoms with van der Waals surface area (Å²) in [6.07, 6.45) is 1.78. The first kappa shape index (κ1) is 22.9. The van der Waals surface area contributed by atoms with Crippen LogP contribution in [-0.4, -0.2) is 64.3 Å². The number of carbonyl (C=O) groups excluding carboxylic acids is 1. The highest BCUT2D eigenvalue weighted by atomic mass is 32.2. The van der Waals surface area contributed by atoms with E-state index in [9.17, 15) is 22.8 Å². The Hall–Kier alpha value is -3.25. The first-order chi connectivity index (χ1) is 15.8. The van der Waals surface area contributed by atoms with Crippen molar-refractivity contribution in [2.45, 2.75) is 32.1 Å². The number of imidazole rings is 1. The Balaban J connectivity index is 1.73. The van der Waals surface area contributed by atoms with E-state index in [0.717, 1.165) is 10.1 Å². The number of carbonyl (C=O) groups is 1. The van der Waals surface area contributed by atoms with Gasteiger partial charge in [-0.25, -0.2) is 22.8 Å². The van der Waals surface area contributed by atoms with E-state index >= 15 is 0 Å². The van der Waals surface area contributed by atoms with Gasteiger partial charge in [-0.05, 0) is 12.0 Å². The highest BCUT2D eigenvalue weighted by Gasteiger charge is 2.29. The molecule has 11 nitrogen and oxygen atoms in total. The Morgan fingerprint density at radius 2 is 1.97 bits per heavy atom. The van der Waals surface area contributed by atoms with Crippen LogP contribution in [0.3, 0.4) is 0 Å². The lowest BCUT2D eigenvalue weighted by atomic mass is 10.2. The molecular formula is C21H25N5O6S. The second-order valence-corrected chi connectivity index (χ2v) is 10.2. The number of ether oxygens (including phenoxy) is 1. The molecule has 0 radical (unpaired) electrons. The smallest absolute Gasteiger partial charge is 0.333 e. The van der Waals surface area contributed by atoms with Crippen LogP contribution in [0.2, 0.25) is 0 Å². The molecule has 1 amide bonds. The van der Waals surface area contributed by atoms with Gasteiger partial charge in [0.25, 0.3) is 5.56 Å². The average molecular weight is 476 g/mol. The largest absolute Gasteiger partial charge is 0.383 e. The molecule has 12 heteroatoms. The van der Waals surface area contributed by atoms with E-state index in [-0.39, 0.29) is 29.2 Å². The number of nitrogens with one attached hydrogen (secondary N) is 1. The summed E-state index contributed by atoms with van der Waals surface area (Å²) in [6, 6.07) is 8.71. The summed E-state index contributed by atoms with van der Waals surface area (Å²) in [5.41, 5.74) is -0.0508. The van der Waals surface area contributed by atoms with E-state index in [1.54, 1.807) is 4.57 Å². The average Bonchev–Trinajstić information content (AvgIpc) is 3.36. The molecule has 1 saturated heterocycles. The molecule has 1 aliphatic rings. The molecule has 33 heavy (non-hydrogen) atoms. The highest BCUT2D eigenvalue weighted by Crippen LogP contribution is 2.12. The van der Waals surface area contributed by atoms with E-state index in [4.69, 9.17) is 4.74 Å². The first-order valence-electron chi connectivity index (χ1n) is 10.5. The Bertz CT molecular complexity index is 1390. The molecule has 1 unspecified atom stereocenters. The predicted molar refractivity (Wildman–Crippen MR) is 121 cm³/mol. The molecule has 3 aromatic rings. The van der Waals surface area contributed by atoms with Crippen LogP contribution in [0.1, 0.15) is 12.0 Å². The van der Waals surface area contributed by atoms with Crippen LogP contribution in [-0.2, 0) is 39.0 Å². The fraction of sp³-hybridized carbons (Fsp3) is 0.429. The number of hydrogen-bond donors (Lipinski definition) is 1. The molecule has 2 aromatic heterocycles. The Labute approximate surface area is 189 Å². The van der Waals surface area contributed by atoms with Crippen molar-refractivity contribution in [1.82, 2.24) is 24.0 Å². The lowest BCUT2D eigenvalue weighted by Gasteiger charge is -2.14. The van der Waals surface area contributed by atoms with E-state index in [0.29, 0.717) is 19.6 Å². The van der Waals surface area contributed by atoms with Gasteiger partial charge in [-0.2, -0.15) is 0 Å². The van der Waals surface area contributed by atoms with Crippen molar-refractivity contribution in [3.8, 4) is 0 Å². The highest BCUT2D eigenvalue weighted by molar-refractivity contribution is 7.91. The third-order valence-electron chi connectivity index (χ3n) is 5.60. The second-order valence-electron chi connectivity index (χ2n) is 8.02. The van der Waals surface area contributed by atoms with Crippen molar-refractivity contribution >= 4 is 26.9 Å². The molecule has 0 bridgehead atoms. The maximum Gasteiger partial charge on any atom is 0.333 e. The molecule has 1 aliphatic heterocycles. The Morgan fingerprint density at radius 3 is 2.64 bits per heavy atom. The van der Waals surface area contributed by atoms with Gasteiger partial charge in [-0.15, -0.1) is 0 Å². The van der Waals surface area contributed by atoms with Crippen molar-refractivity contribution in [2.24, 2.45) is 0 Å². The zero-order valence-electron chi connectivity index (χ0n) is 18.1. The standard InChI is InChI=1S/C21H25N5O6S/c1-32-9-8-24-14-22-19-18(24)20(28)26(12-17(27)23-16-7-10-33(30,31)13-16)21(29)25(19)11-15-5-3-2-4-6-15/h2-6,14,16H,7-13H2,1H3,(H,23,27). The number of sulfone groups is 1. The normalized spacial score (nSPS) is 17.4. The summed E-state index contributed by atoms with van der Waals surface area (Å²) in [5.74, 6) is -0.730. The number of nitrogens with zero attached hydrogens (tertiary/aromatic N) is 4. The van der Waals surface area contributed by atoms with Crippen molar-refractivity contribution in [3.63, 3.8) is 0 Å². The van der Waals surface area contributed by atoms with Crippen molar-refractivity contribution in [1.29, 1.82) is 0 Å². The van der Waals surface area contributed by atoms with Gasteiger partial charge in [0.15, 0.2) is 21.0 Å². The van der Waals surface area contributed by atoms with Crippen LogP contribution in [0.15, 0.2) is 46.2 Å². The molecule has 1 atom stereocenters. The van der Waals surface area contributed by atoms with Gasteiger partial charge >= 0.3 is 5.69 Å². The van der Waals surface area contributed by atoms with Crippen LogP contribution >= 0.6 is 0 Å². The van der Waals surface area contributed by atoms with Crippen LogP contribution in [0.25, 0.3) is 11.2 Å². The van der Waals surface area contributed by atoms with Gasteiger partial charge in [0.2, 0.25) is 5.91 Å². The predicted octanol–water partition coefficient (Wildman–Crippen LogP) is -0.642. The van der Waals surface area contributed by atoms with Crippen LogP contribution in [0.4, 0.5) is 0 Å². The number of amides is 1. The SMILES string of the molecule is COCCn1cnc2c1c(=O)n(CC(=O)NC1CCS(=O)(=O)C1)c(=O)n2Cc1ccccc1. The minimum Gasteiger partial charge on any atom is -0.383 e. The molecule has 0 spiro atoms. The summed E-state index contributed by atoms with van der Waals surface area (Å²) < 4.78 is 32.3. The lowest BCUT2D eigenvalue weighted by molar-refractivity contribution is -0.122. The zero-order valence-corrected chi connectivity index (χ0v) is 19.0. The van der Waals surface area contributed by atoms with Crippen molar-refractivity contribution < 1.29 is 17.9 Å². The summed E-state index contributed by atoms with van der Waals surface area (Å²) >= 11 is 0. The van der Waals surface area contributed by atoms with Gasteiger partial charge in [0, 0.05) is 19.7 Å². The number of benzene rings is 1. The molecule has 176 valence electrons. The molecule has 0 saturated carbocycles. The Kier molecular flexibility index (Phi) is 6.47. The number of aromatic nitrogens is 4. The molecule has 0 aliphatic carbocycles. The third kappa shape index (κ3) is 4.91. The second kappa shape index (κ2) is 9.32. The van der Waals surface area contributed by atoms with Crippen LogP contribution in [0.5, 0.6) is 0 Å². The summed E-state index contributed by atoms with van der Waals surface area (Å²) in [6.45, 7) is 0.325. The Morgan fingerprint density at radius 1 is 1.21 bits per heavy atom. The summed E-state index contributed by atoms with van der Waals surface area (Å²) in [5, 5.41) is 2.63. The van der Waals surface area contributed by atoms with E-state index in [2.05, 4.69) is 10.3 Å². The van der Waals surface area contributed by atoms with Gasteiger partial charge in [0.1, 0.15) is 6.54 Å². The third-order valence-corrected chi connectivity index (χ3v) is 7.37. The minimum atomic E-state index is -3.18. The fourth-order valence-corrected chi connectivity index (χ4v) is 5.64. The summed E-state index contributed by atoms with van der Waals surface area (Å²) in [4.78, 5) is 43.5. The van der Waals surface area contributed by atoms with Crippen LogP contribution in [0, 0.1) is 0 Å². The molecular weight excluding hydrogens is 450 g/mol. The number of fused-ring (bicyclic) bond motifs is 1. The topological polar surface area (TPSA) is 134 Å². The molecule has 3 heterocycles. The van der Waals surface area contributed by atoms with E-state index < -0.39 is 39.6 Å². The fourth-order valence-electron chi connectivity index (χ4n) is 3.97. The minimum absolute atomic E-state index is 0.00637. The first-order valence-corrected chi connectivity index (χ1v) is 12.3. The molecule has 1 fully saturated rings. The van der Waals surface area contributed by atoms with E-state index in [1.165, 1.54) is 18.0 Å².